The van der Waals surface area contributed by atoms with Crippen LogP contribution in [0.1, 0.15) is 24.3 Å². The summed E-state index contributed by atoms with van der Waals surface area (Å²) in [5.41, 5.74) is 0.486. The summed E-state index contributed by atoms with van der Waals surface area (Å²) in [6, 6.07) is 4.64. The van der Waals surface area contributed by atoms with Crippen LogP contribution in [0.4, 0.5) is 4.39 Å². The number of benzene rings is 1. The number of hydrogen-bond donors (Lipinski definition) is 2. The molecule has 2 N–H and O–H groups in total. The number of nitrogens with one attached hydrogen (secondary N) is 2. The predicted octanol–water partition coefficient (Wildman–Crippen LogP) is 2.73. The van der Waals surface area contributed by atoms with Gasteiger partial charge in [-0.1, -0.05) is 17.7 Å². The second kappa shape index (κ2) is 7.81. The van der Waals surface area contributed by atoms with E-state index < -0.39 is 0 Å². The molecule has 1 aliphatic carbocycles. The monoisotopic (exact) mass is 320 g/mol. The van der Waals surface area contributed by atoms with E-state index in [1.807, 2.05) is 7.05 Å². The Morgan fingerprint density at radius 2 is 2.20 bits per heavy atom. The van der Waals surface area contributed by atoms with Gasteiger partial charge in [-0.3, -0.25) is 4.79 Å². The van der Waals surface area contributed by atoms with Crippen molar-refractivity contribution >= 4 is 29.9 Å². The SMILES string of the molecule is CNCCCNC(=O)C1CC1c1c(F)cccc1Cl.Cl. The molecule has 1 saturated carbocycles. The summed E-state index contributed by atoms with van der Waals surface area (Å²) in [5, 5.41) is 6.30. The molecule has 2 unspecified atom stereocenters. The van der Waals surface area contributed by atoms with E-state index in [2.05, 4.69) is 10.6 Å². The third-order valence-electron chi connectivity index (χ3n) is 3.40. The van der Waals surface area contributed by atoms with Gasteiger partial charge in [0.25, 0.3) is 0 Å². The fourth-order valence-corrected chi connectivity index (χ4v) is 2.58. The molecule has 0 saturated heterocycles. The standard InChI is InChI=1S/C14H18ClFN2O.ClH/c1-17-6-3-7-18-14(19)10-8-9(10)13-11(15)4-2-5-12(13)16;/h2,4-5,9-10,17H,3,6-8H2,1H3,(H,18,19);1H. The number of carbonyl (C=O) groups excluding carboxylic acids is 1. The van der Waals surface area contributed by atoms with Gasteiger partial charge in [0.15, 0.2) is 0 Å². The first kappa shape index (κ1) is 17.2. The highest BCUT2D eigenvalue weighted by Gasteiger charge is 2.45. The Balaban J connectivity index is 0.00000200. The van der Waals surface area contributed by atoms with Gasteiger partial charge >= 0.3 is 0 Å². The van der Waals surface area contributed by atoms with E-state index in [-0.39, 0.29) is 36.0 Å². The fraction of sp³-hybridized carbons (Fsp3) is 0.500. The van der Waals surface area contributed by atoms with Crippen LogP contribution in [0.15, 0.2) is 18.2 Å². The Labute approximate surface area is 129 Å². The summed E-state index contributed by atoms with van der Waals surface area (Å²) >= 11 is 6.00. The first-order valence-electron chi connectivity index (χ1n) is 6.51. The van der Waals surface area contributed by atoms with Gasteiger partial charge in [0.1, 0.15) is 5.82 Å². The Hall–Kier alpha value is -0.840. The number of carbonyl (C=O) groups is 1. The largest absolute Gasteiger partial charge is 0.356 e. The maximum Gasteiger partial charge on any atom is 0.223 e. The summed E-state index contributed by atoms with van der Waals surface area (Å²) < 4.78 is 13.7. The van der Waals surface area contributed by atoms with Crippen molar-refractivity contribution in [3.05, 3.63) is 34.6 Å². The van der Waals surface area contributed by atoms with Gasteiger partial charge in [0, 0.05) is 29.0 Å². The summed E-state index contributed by atoms with van der Waals surface area (Å²) in [7, 11) is 1.87. The van der Waals surface area contributed by atoms with Crippen LogP contribution in [0.2, 0.25) is 5.02 Å². The van der Waals surface area contributed by atoms with Crippen LogP contribution in [0.25, 0.3) is 0 Å². The van der Waals surface area contributed by atoms with Gasteiger partial charge in [-0.15, -0.1) is 12.4 Å². The van der Waals surface area contributed by atoms with E-state index in [0.717, 1.165) is 13.0 Å². The lowest BCUT2D eigenvalue weighted by atomic mass is 10.1. The Morgan fingerprint density at radius 1 is 1.45 bits per heavy atom. The minimum absolute atomic E-state index is 0. The van der Waals surface area contributed by atoms with Crippen LogP contribution in [-0.4, -0.2) is 26.0 Å². The minimum Gasteiger partial charge on any atom is -0.356 e. The maximum atomic E-state index is 13.7. The molecule has 0 heterocycles. The molecule has 1 aromatic rings. The predicted molar refractivity (Wildman–Crippen MR) is 81.1 cm³/mol. The second-order valence-electron chi connectivity index (χ2n) is 4.83. The lowest BCUT2D eigenvalue weighted by molar-refractivity contribution is -0.122. The molecular weight excluding hydrogens is 302 g/mol. The highest BCUT2D eigenvalue weighted by Crippen LogP contribution is 2.50. The Morgan fingerprint density at radius 3 is 2.85 bits per heavy atom. The smallest absolute Gasteiger partial charge is 0.223 e. The molecule has 112 valence electrons. The van der Waals surface area contributed by atoms with E-state index in [1.54, 1.807) is 12.1 Å². The average molecular weight is 321 g/mol. The summed E-state index contributed by atoms with van der Waals surface area (Å²) in [4.78, 5) is 11.9. The molecule has 3 nitrogen and oxygen atoms in total. The zero-order valence-corrected chi connectivity index (χ0v) is 12.9. The molecule has 2 atom stereocenters. The number of hydrogen-bond acceptors (Lipinski definition) is 2. The molecule has 1 aliphatic rings. The van der Waals surface area contributed by atoms with Crippen molar-refractivity contribution in [1.29, 1.82) is 0 Å². The number of amides is 1. The third kappa shape index (κ3) is 4.08. The van der Waals surface area contributed by atoms with Crippen molar-refractivity contribution in [2.24, 2.45) is 5.92 Å². The summed E-state index contributed by atoms with van der Waals surface area (Å²) in [6.45, 7) is 1.52. The minimum atomic E-state index is -0.317. The molecule has 0 spiro atoms. The van der Waals surface area contributed by atoms with Gasteiger partial charge in [0.05, 0.1) is 0 Å². The maximum absolute atomic E-state index is 13.7. The normalized spacial score (nSPS) is 20.1. The van der Waals surface area contributed by atoms with Gasteiger partial charge in [0.2, 0.25) is 5.91 Å². The fourth-order valence-electron chi connectivity index (χ4n) is 2.28. The molecule has 20 heavy (non-hydrogen) atoms. The van der Waals surface area contributed by atoms with Crippen molar-refractivity contribution in [3.63, 3.8) is 0 Å². The second-order valence-corrected chi connectivity index (χ2v) is 5.24. The highest BCUT2D eigenvalue weighted by molar-refractivity contribution is 6.31. The van der Waals surface area contributed by atoms with E-state index in [9.17, 15) is 9.18 Å². The van der Waals surface area contributed by atoms with Crippen LogP contribution >= 0.6 is 24.0 Å². The number of rotatable bonds is 6. The van der Waals surface area contributed by atoms with E-state index in [0.29, 0.717) is 23.6 Å². The zero-order valence-electron chi connectivity index (χ0n) is 11.3. The Bertz CT molecular complexity index is 450. The first-order chi connectivity index (χ1) is 9.15. The van der Waals surface area contributed by atoms with Crippen molar-refractivity contribution in [2.75, 3.05) is 20.1 Å². The quantitative estimate of drug-likeness (QED) is 0.791. The molecule has 2 rings (SSSR count). The highest BCUT2D eigenvalue weighted by atomic mass is 35.5. The molecule has 0 aromatic heterocycles. The Kier molecular flexibility index (Phi) is 6.72. The summed E-state index contributed by atoms with van der Waals surface area (Å²) in [6.07, 6.45) is 1.57. The lowest BCUT2D eigenvalue weighted by Gasteiger charge is -2.06. The van der Waals surface area contributed by atoms with Crippen molar-refractivity contribution in [3.8, 4) is 0 Å². The van der Waals surface area contributed by atoms with Crippen molar-refractivity contribution in [2.45, 2.75) is 18.8 Å². The third-order valence-corrected chi connectivity index (χ3v) is 3.73. The molecule has 1 amide bonds. The molecular formula is C14H19Cl2FN2O. The van der Waals surface area contributed by atoms with E-state index >= 15 is 0 Å². The first-order valence-corrected chi connectivity index (χ1v) is 6.89. The molecule has 6 heteroatoms. The molecule has 0 bridgehead atoms. The van der Waals surface area contributed by atoms with Crippen molar-refractivity contribution < 1.29 is 9.18 Å². The van der Waals surface area contributed by atoms with Crippen LogP contribution in [-0.2, 0) is 4.79 Å². The van der Waals surface area contributed by atoms with Gasteiger partial charge in [-0.05, 0) is 38.6 Å². The molecule has 1 fully saturated rings. The average Bonchev–Trinajstić information content (AvgIpc) is 3.14. The van der Waals surface area contributed by atoms with Crippen LogP contribution < -0.4 is 10.6 Å². The van der Waals surface area contributed by atoms with E-state index in [1.165, 1.54) is 6.07 Å². The topological polar surface area (TPSA) is 41.1 Å². The number of halogens is 3. The van der Waals surface area contributed by atoms with Crippen molar-refractivity contribution in [1.82, 2.24) is 10.6 Å². The van der Waals surface area contributed by atoms with Gasteiger partial charge in [-0.2, -0.15) is 0 Å². The van der Waals surface area contributed by atoms with Crippen LogP contribution in [0.5, 0.6) is 0 Å². The molecule has 1 aromatic carbocycles. The molecule has 0 aliphatic heterocycles. The molecule has 0 radical (unpaired) electrons. The van der Waals surface area contributed by atoms with E-state index in [4.69, 9.17) is 11.6 Å². The summed E-state index contributed by atoms with van der Waals surface area (Å²) in [5.74, 6) is -0.523. The van der Waals surface area contributed by atoms with Crippen LogP contribution in [0.3, 0.4) is 0 Å². The van der Waals surface area contributed by atoms with Crippen LogP contribution in [0, 0.1) is 11.7 Å². The van der Waals surface area contributed by atoms with Gasteiger partial charge in [-0.25, -0.2) is 4.39 Å². The lowest BCUT2D eigenvalue weighted by Crippen LogP contribution is -2.28. The van der Waals surface area contributed by atoms with Gasteiger partial charge < -0.3 is 10.6 Å². The zero-order chi connectivity index (χ0) is 13.8.